The number of rotatable bonds is 6. The highest BCUT2D eigenvalue weighted by Gasteiger charge is 2.47. The van der Waals surface area contributed by atoms with Gasteiger partial charge in [0.15, 0.2) is 0 Å². The van der Waals surface area contributed by atoms with E-state index in [1.165, 1.54) is 13.2 Å². The molecule has 0 fully saturated rings. The smallest absolute Gasteiger partial charge is 0.311 e. The molecule has 3 heteroatoms. The Balaban J connectivity index is 5.24. The first-order valence-corrected chi connectivity index (χ1v) is 6.18. The molecule has 0 bridgehead atoms. The Morgan fingerprint density at radius 3 is 2.29 bits per heavy atom. The van der Waals surface area contributed by atoms with Crippen LogP contribution in [0.15, 0.2) is 12.7 Å². The lowest BCUT2D eigenvalue weighted by atomic mass is 9.67. The van der Waals surface area contributed by atoms with Crippen molar-refractivity contribution in [3.8, 4) is 0 Å². The van der Waals surface area contributed by atoms with E-state index in [9.17, 15) is 9.90 Å². The van der Waals surface area contributed by atoms with E-state index in [1.54, 1.807) is 0 Å². The molecule has 2 unspecified atom stereocenters. The van der Waals surface area contributed by atoms with Crippen molar-refractivity contribution < 1.29 is 14.6 Å². The van der Waals surface area contributed by atoms with Gasteiger partial charge in [-0.05, 0) is 11.8 Å². The van der Waals surface area contributed by atoms with Crippen LogP contribution in [0.5, 0.6) is 0 Å². The van der Waals surface area contributed by atoms with Gasteiger partial charge >= 0.3 is 5.97 Å². The highest BCUT2D eigenvalue weighted by Crippen LogP contribution is 2.40. The molecule has 17 heavy (non-hydrogen) atoms. The Hall–Kier alpha value is -0.830. The van der Waals surface area contributed by atoms with Gasteiger partial charge in [0.25, 0.3) is 0 Å². The van der Waals surface area contributed by atoms with Crippen molar-refractivity contribution in [1.82, 2.24) is 0 Å². The average molecular weight is 242 g/mol. The third-order valence-corrected chi connectivity index (χ3v) is 3.38. The lowest BCUT2D eigenvalue weighted by molar-refractivity contribution is -0.160. The molecule has 0 saturated carbocycles. The summed E-state index contributed by atoms with van der Waals surface area (Å²) in [6.45, 7) is 11.4. The minimum atomic E-state index is -1.24. The Morgan fingerprint density at radius 2 is 2.00 bits per heavy atom. The van der Waals surface area contributed by atoms with E-state index in [-0.39, 0.29) is 5.97 Å². The third kappa shape index (κ3) is 3.56. The van der Waals surface area contributed by atoms with Gasteiger partial charge in [-0.25, -0.2) is 0 Å². The minimum absolute atomic E-state index is 0.365. The van der Waals surface area contributed by atoms with Crippen LogP contribution >= 0.6 is 0 Å². The first kappa shape index (κ1) is 16.2. The molecule has 0 aliphatic carbocycles. The van der Waals surface area contributed by atoms with Crippen molar-refractivity contribution >= 4 is 5.97 Å². The summed E-state index contributed by atoms with van der Waals surface area (Å²) in [5.74, 6) is -0.916. The van der Waals surface area contributed by atoms with Gasteiger partial charge in [0.2, 0.25) is 0 Å². The number of carbonyl (C=O) groups excluding carboxylic acids is 1. The van der Waals surface area contributed by atoms with Crippen LogP contribution in [-0.2, 0) is 9.53 Å². The van der Waals surface area contributed by atoms with Crippen LogP contribution in [0.2, 0.25) is 0 Å². The number of esters is 1. The topological polar surface area (TPSA) is 46.5 Å². The molecule has 0 aromatic carbocycles. The molecule has 0 aromatic heterocycles. The number of methoxy groups -OCH3 is 1. The fourth-order valence-electron chi connectivity index (χ4n) is 2.04. The lowest BCUT2D eigenvalue weighted by Crippen LogP contribution is -2.50. The molecule has 0 heterocycles. The van der Waals surface area contributed by atoms with E-state index < -0.39 is 16.9 Å². The second kappa shape index (κ2) is 6.20. The summed E-state index contributed by atoms with van der Waals surface area (Å²) in [5, 5.41) is 10.7. The Morgan fingerprint density at radius 1 is 1.47 bits per heavy atom. The molecule has 0 rings (SSSR count). The number of aliphatic hydroxyl groups is 1. The average Bonchev–Trinajstić information content (AvgIpc) is 2.26. The summed E-state index contributed by atoms with van der Waals surface area (Å²) in [7, 11) is 1.35. The summed E-state index contributed by atoms with van der Waals surface area (Å²) < 4.78 is 4.81. The van der Waals surface area contributed by atoms with Crippen molar-refractivity contribution in [2.75, 3.05) is 7.11 Å². The van der Waals surface area contributed by atoms with Crippen LogP contribution in [0.25, 0.3) is 0 Å². The summed E-state index contributed by atoms with van der Waals surface area (Å²) >= 11 is 0. The van der Waals surface area contributed by atoms with Crippen LogP contribution in [0, 0.1) is 11.3 Å². The molecule has 0 spiro atoms. The quantitative estimate of drug-likeness (QED) is 0.575. The summed E-state index contributed by atoms with van der Waals surface area (Å²) in [6, 6.07) is 0. The molecule has 0 saturated heterocycles. The van der Waals surface area contributed by atoms with E-state index in [4.69, 9.17) is 4.74 Å². The van der Waals surface area contributed by atoms with Crippen LogP contribution < -0.4 is 0 Å². The maximum absolute atomic E-state index is 11.8. The second-order valence-electron chi connectivity index (χ2n) is 5.50. The fraction of sp³-hybridized carbons (Fsp3) is 0.786. The van der Waals surface area contributed by atoms with Gasteiger partial charge in [-0.3, -0.25) is 4.79 Å². The van der Waals surface area contributed by atoms with Gasteiger partial charge in [-0.1, -0.05) is 46.6 Å². The Kier molecular flexibility index (Phi) is 5.89. The van der Waals surface area contributed by atoms with Crippen molar-refractivity contribution in [3.63, 3.8) is 0 Å². The monoisotopic (exact) mass is 242 g/mol. The van der Waals surface area contributed by atoms with Gasteiger partial charge in [0, 0.05) is 0 Å². The van der Waals surface area contributed by atoms with E-state index in [1.807, 2.05) is 20.8 Å². The molecule has 0 radical (unpaired) electrons. The Bertz CT molecular complexity index is 265. The zero-order chi connectivity index (χ0) is 13.7. The van der Waals surface area contributed by atoms with E-state index in [0.29, 0.717) is 6.42 Å². The first-order valence-electron chi connectivity index (χ1n) is 6.18. The first-order chi connectivity index (χ1) is 7.74. The molecule has 2 atom stereocenters. The summed E-state index contributed by atoms with van der Waals surface area (Å²) in [6.07, 6.45) is 3.95. The van der Waals surface area contributed by atoms with Crippen molar-refractivity contribution in [3.05, 3.63) is 12.7 Å². The molecule has 0 aliphatic rings. The maximum atomic E-state index is 11.8. The van der Waals surface area contributed by atoms with Crippen LogP contribution in [0.3, 0.4) is 0 Å². The number of ether oxygens (including phenoxy) is 1. The summed E-state index contributed by atoms with van der Waals surface area (Å²) in [4.78, 5) is 11.8. The number of unbranched alkanes of at least 4 members (excludes halogenated alkanes) is 1. The lowest BCUT2D eigenvalue weighted by Gasteiger charge is -2.42. The summed E-state index contributed by atoms with van der Waals surface area (Å²) in [5.41, 5.74) is -1.70. The second-order valence-corrected chi connectivity index (χ2v) is 5.50. The van der Waals surface area contributed by atoms with Gasteiger partial charge in [0.1, 0.15) is 5.60 Å². The zero-order valence-corrected chi connectivity index (χ0v) is 11.7. The predicted octanol–water partition coefficient (Wildman–Crippen LogP) is 2.93. The van der Waals surface area contributed by atoms with Gasteiger partial charge < -0.3 is 9.84 Å². The molecule has 1 N–H and O–H groups in total. The standard InChI is InChI=1S/C14H26O3/c1-7-9-10-11(12(15)17-6)14(16,8-2)13(3,4)5/h8,11,16H,2,7,9-10H2,1,3-6H3. The maximum Gasteiger partial charge on any atom is 0.311 e. The van der Waals surface area contributed by atoms with Crippen LogP contribution in [-0.4, -0.2) is 23.8 Å². The molecule has 0 aliphatic heterocycles. The normalized spacial score (nSPS) is 17.1. The highest BCUT2D eigenvalue weighted by molar-refractivity contribution is 5.74. The molecule has 0 amide bonds. The van der Waals surface area contributed by atoms with Gasteiger partial charge in [-0.15, -0.1) is 6.58 Å². The molecular weight excluding hydrogens is 216 g/mol. The number of hydrogen-bond acceptors (Lipinski definition) is 3. The predicted molar refractivity (Wildman–Crippen MR) is 69.6 cm³/mol. The number of carbonyl (C=O) groups is 1. The van der Waals surface area contributed by atoms with Crippen molar-refractivity contribution in [2.45, 2.75) is 52.6 Å². The van der Waals surface area contributed by atoms with E-state index >= 15 is 0 Å². The van der Waals surface area contributed by atoms with E-state index in [2.05, 4.69) is 13.5 Å². The Labute approximate surface area is 105 Å². The molecule has 100 valence electrons. The van der Waals surface area contributed by atoms with Gasteiger partial charge in [-0.2, -0.15) is 0 Å². The zero-order valence-electron chi connectivity index (χ0n) is 11.7. The third-order valence-electron chi connectivity index (χ3n) is 3.38. The van der Waals surface area contributed by atoms with Gasteiger partial charge in [0.05, 0.1) is 13.0 Å². The van der Waals surface area contributed by atoms with E-state index in [0.717, 1.165) is 12.8 Å². The van der Waals surface area contributed by atoms with Crippen molar-refractivity contribution in [2.24, 2.45) is 11.3 Å². The molecule has 3 nitrogen and oxygen atoms in total. The van der Waals surface area contributed by atoms with Crippen molar-refractivity contribution in [1.29, 1.82) is 0 Å². The van der Waals surface area contributed by atoms with Crippen LogP contribution in [0.1, 0.15) is 47.0 Å². The SMILES string of the molecule is C=CC(O)(C(CCCC)C(=O)OC)C(C)(C)C. The highest BCUT2D eigenvalue weighted by atomic mass is 16.5. The molecule has 0 aromatic rings. The fourth-order valence-corrected chi connectivity index (χ4v) is 2.04. The molecular formula is C14H26O3. The number of hydrogen-bond donors (Lipinski definition) is 1. The van der Waals surface area contributed by atoms with Crippen LogP contribution in [0.4, 0.5) is 0 Å². The largest absolute Gasteiger partial charge is 0.469 e. The minimum Gasteiger partial charge on any atom is -0.469 e.